The lowest BCUT2D eigenvalue weighted by Gasteiger charge is -2.36. The van der Waals surface area contributed by atoms with Gasteiger partial charge in [0.25, 0.3) is 11.8 Å². The van der Waals surface area contributed by atoms with Crippen molar-refractivity contribution in [2.45, 2.75) is 26.5 Å². The normalized spacial score (nSPS) is 18.2. The van der Waals surface area contributed by atoms with Crippen molar-refractivity contribution in [1.29, 1.82) is 0 Å². The zero-order chi connectivity index (χ0) is 23.5. The fraction of sp³-hybridized carbons (Fsp3) is 0.417. The largest absolute Gasteiger partial charge is 0.493 e. The summed E-state index contributed by atoms with van der Waals surface area (Å²) < 4.78 is 25.9. The van der Waals surface area contributed by atoms with E-state index in [1.807, 2.05) is 24.0 Å². The van der Waals surface area contributed by atoms with Crippen molar-refractivity contribution in [3.8, 4) is 11.5 Å². The highest BCUT2D eigenvalue weighted by Gasteiger charge is 2.28. The van der Waals surface area contributed by atoms with Gasteiger partial charge < -0.3 is 25.0 Å². The molecule has 0 saturated carbocycles. The summed E-state index contributed by atoms with van der Waals surface area (Å²) in [7, 11) is 1.58. The predicted molar refractivity (Wildman–Crippen MR) is 124 cm³/mol. The number of piperazine rings is 1. The molecule has 0 aromatic heterocycles. The second kappa shape index (κ2) is 9.66. The van der Waals surface area contributed by atoms with Crippen molar-refractivity contribution >= 4 is 23.2 Å². The van der Waals surface area contributed by atoms with Gasteiger partial charge >= 0.3 is 0 Å². The molecule has 0 spiro atoms. The van der Waals surface area contributed by atoms with Crippen molar-refractivity contribution in [2.24, 2.45) is 0 Å². The summed E-state index contributed by atoms with van der Waals surface area (Å²) in [5.74, 6) is 0.281. The molecule has 2 aromatic carbocycles. The average molecular weight is 457 g/mol. The van der Waals surface area contributed by atoms with E-state index < -0.39 is 11.9 Å². The van der Waals surface area contributed by atoms with Gasteiger partial charge in [0.2, 0.25) is 0 Å². The minimum Gasteiger partial charge on any atom is -0.493 e. The van der Waals surface area contributed by atoms with Crippen LogP contribution in [-0.4, -0.2) is 62.7 Å². The maximum atomic E-state index is 14.7. The third-order valence-corrected chi connectivity index (χ3v) is 5.92. The van der Waals surface area contributed by atoms with E-state index in [1.165, 1.54) is 6.07 Å². The van der Waals surface area contributed by atoms with Gasteiger partial charge in [-0.1, -0.05) is 0 Å². The second-order valence-electron chi connectivity index (χ2n) is 8.21. The van der Waals surface area contributed by atoms with Crippen molar-refractivity contribution in [1.82, 2.24) is 10.2 Å². The SMILES string of the molecule is CCNC(=O)c1ccc(N2CCN(Cc3cc4c(c(OC)c3)OC(C)C(=O)N4)CC2)c(F)c1. The molecule has 2 aromatic rings. The summed E-state index contributed by atoms with van der Waals surface area (Å²) >= 11 is 0. The molecule has 1 fully saturated rings. The molecule has 8 nitrogen and oxygen atoms in total. The number of carbonyl (C=O) groups is 2. The molecule has 2 heterocycles. The van der Waals surface area contributed by atoms with Gasteiger partial charge in [-0.05, 0) is 49.7 Å². The Morgan fingerprint density at radius 3 is 2.67 bits per heavy atom. The number of amides is 2. The first-order chi connectivity index (χ1) is 15.9. The number of benzene rings is 2. The van der Waals surface area contributed by atoms with E-state index in [2.05, 4.69) is 15.5 Å². The van der Waals surface area contributed by atoms with Crippen molar-refractivity contribution < 1.29 is 23.5 Å². The lowest BCUT2D eigenvalue weighted by atomic mass is 10.1. The zero-order valence-electron chi connectivity index (χ0n) is 19.1. The number of hydrogen-bond donors (Lipinski definition) is 2. The monoisotopic (exact) mass is 456 g/mol. The lowest BCUT2D eigenvalue weighted by Crippen LogP contribution is -2.46. The lowest BCUT2D eigenvalue weighted by molar-refractivity contribution is -0.122. The Balaban J connectivity index is 1.41. The Kier molecular flexibility index (Phi) is 6.69. The van der Waals surface area contributed by atoms with Crippen LogP contribution in [0.15, 0.2) is 30.3 Å². The van der Waals surface area contributed by atoms with Gasteiger partial charge in [-0.3, -0.25) is 14.5 Å². The first kappa shape index (κ1) is 22.8. The number of methoxy groups -OCH3 is 1. The maximum absolute atomic E-state index is 14.7. The van der Waals surface area contributed by atoms with Crippen LogP contribution in [0.3, 0.4) is 0 Å². The molecule has 33 heavy (non-hydrogen) atoms. The fourth-order valence-corrected chi connectivity index (χ4v) is 4.15. The van der Waals surface area contributed by atoms with Gasteiger partial charge in [0.1, 0.15) is 5.82 Å². The van der Waals surface area contributed by atoms with Gasteiger partial charge in [0.15, 0.2) is 17.6 Å². The molecule has 1 atom stereocenters. The molecule has 2 aliphatic rings. The third-order valence-electron chi connectivity index (χ3n) is 5.92. The zero-order valence-corrected chi connectivity index (χ0v) is 19.1. The number of ether oxygens (including phenoxy) is 2. The topological polar surface area (TPSA) is 83.1 Å². The Bertz CT molecular complexity index is 1050. The highest BCUT2D eigenvalue weighted by atomic mass is 19.1. The maximum Gasteiger partial charge on any atom is 0.265 e. The number of halogens is 1. The first-order valence-electron chi connectivity index (χ1n) is 11.1. The summed E-state index contributed by atoms with van der Waals surface area (Å²) in [6.45, 7) is 7.51. The second-order valence-corrected chi connectivity index (χ2v) is 8.21. The Labute approximate surface area is 192 Å². The molecule has 2 N–H and O–H groups in total. The minimum atomic E-state index is -0.569. The van der Waals surface area contributed by atoms with E-state index in [1.54, 1.807) is 26.2 Å². The van der Waals surface area contributed by atoms with Crippen molar-refractivity contribution in [3.05, 3.63) is 47.3 Å². The van der Waals surface area contributed by atoms with E-state index >= 15 is 0 Å². The Hall–Kier alpha value is -3.33. The van der Waals surface area contributed by atoms with Gasteiger partial charge in [-0.15, -0.1) is 0 Å². The van der Waals surface area contributed by atoms with Gasteiger partial charge in [-0.25, -0.2) is 4.39 Å². The van der Waals surface area contributed by atoms with Crippen LogP contribution >= 0.6 is 0 Å². The molecule has 0 radical (unpaired) electrons. The highest BCUT2D eigenvalue weighted by molar-refractivity contribution is 5.98. The molecular formula is C24H29FN4O4. The van der Waals surface area contributed by atoms with Crippen LogP contribution < -0.4 is 25.0 Å². The summed E-state index contributed by atoms with van der Waals surface area (Å²) in [6, 6.07) is 8.46. The van der Waals surface area contributed by atoms with E-state index in [-0.39, 0.29) is 11.8 Å². The molecule has 0 aliphatic carbocycles. The molecule has 1 saturated heterocycles. The number of fused-ring (bicyclic) bond motifs is 1. The van der Waals surface area contributed by atoms with E-state index in [4.69, 9.17) is 9.47 Å². The standard InChI is InChI=1S/C24H29FN4O4/c1-4-26-24(31)17-5-6-20(18(25)13-17)29-9-7-28(8-10-29)14-16-11-19-22(21(12-16)32-3)33-15(2)23(30)27-19/h5-6,11-13,15H,4,7-10,14H2,1-3H3,(H,26,31)(H,27,30). The van der Waals surface area contributed by atoms with Crippen molar-refractivity contribution in [2.75, 3.05) is 50.1 Å². The minimum absolute atomic E-state index is 0.185. The summed E-state index contributed by atoms with van der Waals surface area (Å²) in [5, 5.41) is 5.56. The molecule has 1 unspecified atom stereocenters. The predicted octanol–water partition coefficient (Wildman–Crippen LogP) is 2.63. The van der Waals surface area contributed by atoms with Crippen LogP contribution in [0.4, 0.5) is 15.8 Å². The first-order valence-corrected chi connectivity index (χ1v) is 11.1. The summed E-state index contributed by atoms with van der Waals surface area (Å²) in [4.78, 5) is 28.2. The molecule has 9 heteroatoms. The number of carbonyl (C=O) groups excluding carboxylic acids is 2. The van der Waals surface area contributed by atoms with Crippen LogP contribution in [0, 0.1) is 5.82 Å². The Morgan fingerprint density at radius 1 is 1.24 bits per heavy atom. The number of anilines is 2. The molecule has 2 amide bonds. The van der Waals surface area contributed by atoms with E-state index in [9.17, 15) is 14.0 Å². The molecular weight excluding hydrogens is 427 g/mol. The highest BCUT2D eigenvalue weighted by Crippen LogP contribution is 2.40. The molecule has 4 rings (SSSR count). The fourth-order valence-electron chi connectivity index (χ4n) is 4.15. The van der Waals surface area contributed by atoms with E-state index in [0.717, 1.165) is 18.7 Å². The van der Waals surface area contributed by atoms with Crippen LogP contribution in [-0.2, 0) is 11.3 Å². The Morgan fingerprint density at radius 2 is 2.00 bits per heavy atom. The molecule has 176 valence electrons. The average Bonchev–Trinajstić information content (AvgIpc) is 2.80. The number of hydrogen-bond acceptors (Lipinski definition) is 6. The van der Waals surface area contributed by atoms with Crippen LogP contribution in [0.5, 0.6) is 11.5 Å². The van der Waals surface area contributed by atoms with Crippen LogP contribution in [0.2, 0.25) is 0 Å². The summed E-state index contributed by atoms with van der Waals surface area (Å²) in [5.41, 5.74) is 2.44. The van der Waals surface area contributed by atoms with E-state index in [0.29, 0.717) is 54.6 Å². The van der Waals surface area contributed by atoms with Crippen molar-refractivity contribution in [3.63, 3.8) is 0 Å². The number of nitrogens with one attached hydrogen (secondary N) is 2. The molecule has 2 aliphatic heterocycles. The summed E-state index contributed by atoms with van der Waals surface area (Å²) in [6.07, 6.45) is -0.569. The smallest absolute Gasteiger partial charge is 0.265 e. The quantitative estimate of drug-likeness (QED) is 0.696. The van der Waals surface area contributed by atoms with Gasteiger partial charge in [0, 0.05) is 44.8 Å². The van der Waals surface area contributed by atoms with Crippen LogP contribution in [0.25, 0.3) is 0 Å². The van der Waals surface area contributed by atoms with Gasteiger partial charge in [-0.2, -0.15) is 0 Å². The number of rotatable bonds is 6. The number of nitrogens with zero attached hydrogens (tertiary/aromatic N) is 2. The van der Waals surface area contributed by atoms with Crippen LogP contribution in [0.1, 0.15) is 29.8 Å². The van der Waals surface area contributed by atoms with Gasteiger partial charge in [0.05, 0.1) is 18.5 Å². The molecule has 0 bridgehead atoms. The third kappa shape index (κ3) is 4.88.